The third-order valence-corrected chi connectivity index (χ3v) is 4.51. The van der Waals surface area contributed by atoms with Crippen molar-refractivity contribution in [2.75, 3.05) is 13.1 Å². The summed E-state index contributed by atoms with van der Waals surface area (Å²) in [5.41, 5.74) is 6.93. The Morgan fingerprint density at radius 1 is 0.913 bits per heavy atom. The highest BCUT2D eigenvalue weighted by Crippen LogP contribution is 2.36. The van der Waals surface area contributed by atoms with Gasteiger partial charge in [-0.25, -0.2) is 0 Å². The molecule has 3 rings (SSSR count). The molecule has 0 aliphatic carbocycles. The van der Waals surface area contributed by atoms with Crippen LogP contribution in [0.4, 0.5) is 0 Å². The molecule has 3 nitrogen and oxygen atoms in total. The minimum atomic E-state index is -0.933. The maximum atomic E-state index is 12.8. The van der Waals surface area contributed by atoms with Crippen molar-refractivity contribution in [2.24, 2.45) is 5.73 Å². The van der Waals surface area contributed by atoms with Crippen molar-refractivity contribution >= 4 is 5.91 Å². The summed E-state index contributed by atoms with van der Waals surface area (Å²) in [6, 6.07) is 19.7. The molecule has 0 atom stereocenters. The van der Waals surface area contributed by atoms with Gasteiger partial charge in [-0.05, 0) is 24.0 Å². The van der Waals surface area contributed by atoms with Crippen molar-refractivity contribution in [3.63, 3.8) is 0 Å². The van der Waals surface area contributed by atoms with E-state index in [1.54, 1.807) is 0 Å². The fourth-order valence-electron chi connectivity index (χ4n) is 3.45. The second-order valence-electron chi connectivity index (χ2n) is 5.87. The van der Waals surface area contributed by atoms with E-state index >= 15 is 0 Å². The van der Waals surface area contributed by atoms with Gasteiger partial charge in [-0.3, -0.25) is 9.69 Å². The van der Waals surface area contributed by atoms with Crippen LogP contribution in [0.3, 0.4) is 0 Å². The zero-order chi connectivity index (χ0) is 16.1. The van der Waals surface area contributed by atoms with Crippen molar-refractivity contribution in [2.45, 2.75) is 18.4 Å². The van der Waals surface area contributed by atoms with Gasteiger partial charge in [0, 0.05) is 13.1 Å². The third kappa shape index (κ3) is 2.80. The van der Waals surface area contributed by atoms with Crippen LogP contribution in [0.25, 0.3) is 0 Å². The Kier molecular flexibility index (Phi) is 4.58. The molecule has 0 bridgehead atoms. The van der Waals surface area contributed by atoms with Crippen molar-refractivity contribution in [3.8, 4) is 0 Å². The van der Waals surface area contributed by atoms with Gasteiger partial charge < -0.3 is 5.73 Å². The monoisotopic (exact) mass is 306 g/mol. The molecule has 0 aromatic heterocycles. The molecule has 0 saturated carbocycles. The maximum Gasteiger partial charge on any atom is 0.247 e. The summed E-state index contributed by atoms with van der Waals surface area (Å²) in [6.45, 7) is 1.55. The number of hydrogen-bond acceptors (Lipinski definition) is 2. The van der Waals surface area contributed by atoms with E-state index in [0.29, 0.717) is 6.54 Å². The van der Waals surface area contributed by atoms with Gasteiger partial charge >= 0.3 is 0 Å². The Balaban J connectivity index is 2.22. The zero-order valence-corrected chi connectivity index (χ0v) is 13.2. The molecule has 2 aromatic carbocycles. The lowest BCUT2D eigenvalue weighted by atomic mass is 9.80. The number of carbonyl (C=O) groups is 1. The molecule has 1 heterocycles. The summed E-state index contributed by atoms with van der Waals surface area (Å²) >= 11 is 0. The maximum absolute atomic E-state index is 12.8. The van der Waals surface area contributed by atoms with Crippen molar-refractivity contribution in [1.29, 1.82) is 0 Å². The molecule has 0 unspecified atom stereocenters. The van der Waals surface area contributed by atoms with Gasteiger partial charge in [0.05, 0.1) is 0 Å². The molecule has 118 valence electrons. The molecule has 0 saturated heterocycles. The van der Waals surface area contributed by atoms with Crippen molar-refractivity contribution in [1.82, 2.24) is 4.90 Å². The molecule has 2 N–H and O–H groups in total. The Labute approximate surface area is 137 Å². The van der Waals surface area contributed by atoms with Gasteiger partial charge in [-0.15, -0.1) is 0 Å². The van der Waals surface area contributed by atoms with Crippen LogP contribution < -0.4 is 5.73 Å². The summed E-state index contributed by atoms with van der Waals surface area (Å²) in [7, 11) is 0. The SMILES string of the molecule is NC(=O)C(c1ccccc1)(c1ccccc1)N1CC=CCCC1. The molecule has 2 aromatic rings. The van der Waals surface area contributed by atoms with E-state index in [-0.39, 0.29) is 5.91 Å². The molecule has 0 radical (unpaired) electrons. The van der Waals surface area contributed by atoms with E-state index < -0.39 is 5.54 Å². The van der Waals surface area contributed by atoms with E-state index in [9.17, 15) is 4.79 Å². The van der Waals surface area contributed by atoms with E-state index in [2.05, 4.69) is 17.1 Å². The van der Waals surface area contributed by atoms with Gasteiger partial charge in [-0.2, -0.15) is 0 Å². The van der Waals surface area contributed by atoms with E-state index in [0.717, 1.165) is 30.5 Å². The third-order valence-electron chi connectivity index (χ3n) is 4.51. The smallest absolute Gasteiger partial charge is 0.247 e. The highest BCUT2D eigenvalue weighted by atomic mass is 16.1. The molecule has 0 spiro atoms. The molecule has 1 aliphatic rings. The summed E-state index contributed by atoms with van der Waals surface area (Å²) in [4.78, 5) is 15.0. The normalized spacial score (nSPS) is 16.0. The first-order valence-electron chi connectivity index (χ1n) is 8.07. The zero-order valence-electron chi connectivity index (χ0n) is 13.2. The lowest BCUT2D eigenvalue weighted by molar-refractivity contribution is -0.128. The molecule has 23 heavy (non-hydrogen) atoms. The van der Waals surface area contributed by atoms with Crippen molar-refractivity contribution < 1.29 is 4.79 Å². The second-order valence-corrected chi connectivity index (χ2v) is 5.87. The average molecular weight is 306 g/mol. The average Bonchev–Trinajstić information content (AvgIpc) is 2.87. The number of hydrogen-bond donors (Lipinski definition) is 1. The molecule has 1 aliphatic heterocycles. The number of nitrogens with two attached hydrogens (primary N) is 1. The first kappa shape index (κ1) is 15.5. The number of carbonyl (C=O) groups excluding carboxylic acids is 1. The number of benzene rings is 2. The fraction of sp³-hybridized carbons (Fsp3) is 0.250. The highest BCUT2D eigenvalue weighted by molar-refractivity contribution is 5.90. The number of primary amides is 1. The topological polar surface area (TPSA) is 46.3 Å². The summed E-state index contributed by atoms with van der Waals surface area (Å²) in [6.07, 6.45) is 6.37. The van der Waals surface area contributed by atoms with Gasteiger partial charge in [0.25, 0.3) is 0 Å². The minimum Gasteiger partial charge on any atom is -0.367 e. The van der Waals surface area contributed by atoms with Crippen LogP contribution in [0, 0.1) is 0 Å². The Hall–Kier alpha value is -2.39. The molecule has 0 fully saturated rings. The Bertz CT molecular complexity index is 640. The lowest BCUT2D eigenvalue weighted by Gasteiger charge is -2.41. The van der Waals surface area contributed by atoms with Crippen LogP contribution >= 0.6 is 0 Å². The largest absolute Gasteiger partial charge is 0.367 e. The molecule has 3 heteroatoms. The quantitative estimate of drug-likeness (QED) is 0.882. The van der Waals surface area contributed by atoms with Gasteiger partial charge in [-0.1, -0.05) is 72.8 Å². The minimum absolute atomic E-state index is 0.329. The van der Waals surface area contributed by atoms with Crippen LogP contribution in [0.1, 0.15) is 24.0 Å². The highest BCUT2D eigenvalue weighted by Gasteiger charge is 2.45. The van der Waals surface area contributed by atoms with Gasteiger partial charge in [0.2, 0.25) is 5.91 Å². The fourth-order valence-corrected chi connectivity index (χ4v) is 3.45. The van der Waals surface area contributed by atoms with Crippen LogP contribution in [-0.4, -0.2) is 23.9 Å². The number of rotatable bonds is 4. The van der Waals surface area contributed by atoms with Crippen LogP contribution in [0.15, 0.2) is 72.8 Å². The first-order valence-corrected chi connectivity index (χ1v) is 8.07. The van der Waals surface area contributed by atoms with Crippen LogP contribution in [0.2, 0.25) is 0 Å². The predicted octanol–water partition coefficient (Wildman–Crippen LogP) is 3.07. The summed E-state index contributed by atoms with van der Waals surface area (Å²) in [5.74, 6) is -0.329. The summed E-state index contributed by atoms with van der Waals surface area (Å²) in [5, 5.41) is 0. The van der Waals surface area contributed by atoms with Gasteiger partial charge in [0.1, 0.15) is 0 Å². The van der Waals surface area contributed by atoms with E-state index in [1.807, 2.05) is 60.7 Å². The summed E-state index contributed by atoms with van der Waals surface area (Å²) < 4.78 is 0. The van der Waals surface area contributed by atoms with E-state index in [4.69, 9.17) is 5.73 Å². The number of nitrogens with zero attached hydrogens (tertiary/aromatic N) is 1. The molecule has 1 amide bonds. The first-order chi connectivity index (χ1) is 11.3. The van der Waals surface area contributed by atoms with E-state index in [1.165, 1.54) is 0 Å². The number of amides is 1. The molecular weight excluding hydrogens is 284 g/mol. The second kappa shape index (κ2) is 6.80. The lowest BCUT2D eigenvalue weighted by Crippen LogP contribution is -2.56. The Morgan fingerprint density at radius 2 is 1.48 bits per heavy atom. The van der Waals surface area contributed by atoms with Crippen LogP contribution in [0.5, 0.6) is 0 Å². The number of allylic oxidation sites excluding steroid dienone is 1. The van der Waals surface area contributed by atoms with Crippen LogP contribution in [-0.2, 0) is 10.3 Å². The Morgan fingerprint density at radius 3 is 2.00 bits per heavy atom. The standard InChI is InChI=1S/C20H22N2O/c21-19(23)20(17-11-5-3-6-12-17,18-13-7-4-8-14-18)22-15-9-1-2-10-16-22/h1,3-9,11-14H,2,10,15-16H2,(H2,21,23). The predicted molar refractivity (Wildman–Crippen MR) is 92.8 cm³/mol. The van der Waals surface area contributed by atoms with Crippen molar-refractivity contribution in [3.05, 3.63) is 83.9 Å². The van der Waals surface area contributed by atoms with Gasteiger partial charge in [0.15, 0.2) is 5.54 Å². The molecular formula is C20H22N2O.